The average Bonchev–Trinajstić information content (AvgIpc) is 2.15. The lowest BCUT2D eigenvalue weighted by molar-refractivity contribution is 0.403. The molecule has 0 heterocycles. The van der Waals surface area contributed by atoms with Crippen LogP contribution in [0.3, 0.4) is 0 Å². The van der Waals surface area contributed by atoms with Gasteiger partial charge < -0.3 is 10.1 Å². The molecule has 0 saturated heterocycles. The monoisotopic (exact) mass is 197 g/mol. The van der Waals surface area contributed by atoms with Crippen LogP contribution in [0.25, 0.3) is 0 Å². The number of ether oxygens (including phenoxy) is 1. The van der Waals surface area contributed by atoms with Gasteiger partial charge in [-0.2, -0.15) is 0 Å². The second kappa shape index (κ2) is 4.96. The van der Waals surface area contributed by atoms with Gasteiger partial charge in [-0.3, -0.25) is 0 Å². The van der Waals surface area contributed by atoms with Gasteiger partial charge in [0.2, 0.25) is 0 Å². The van der Waals surface area contributed by atoms with E-state index in [0.717, 1.165) is 12.1 Å². The molecule has 2 nitrogen and oxygen atoms in total. The number of halogens is 1. The Morgan fingerprint density at radius 1 is 1.43 bits per heavy atom. The van der Waals surface area contributed by atoms with Crippen molar-refractivity contribution in [1.82, 2.24) is 5.32 Å². The van der Waals surface area contributed by atoms with E-state index >= 15 is 0 Å². The van der Waals surface area contributed by atoms with Crippen LogP contribution in [0.5, 0.6) is 5.75 Å². The Balaban J connectivity index is 2.99. The van der Waals surface area contributed by atoms with Gasteiger partial charge in [0.15, 0.2) is 0 Å². The Morgan fingerprint density at radius 3 is 2.71 bits per heavy atom. The first-order chi connectivity index (χ1) is 6.69. The fourth-order valence-corrected chi connectivity index (χ4v) is 1.42. The smallest absolute Gasteiger partial charge is 0.130 e. The van der Waals surface area contributed by atoms with Gasteiger partial charge >= 0.3 is 0 Å². The van der Waals surface area contributed by atoms with Crippen LogP contribution in [0.2, 0.25) is 0 Å². The molecule has 0 amide bonds. The third kappa shape index (κ3) is 2.45. The van der Waals surface area contributed by atoms with Gasteiger partial charge in [0, 0.05) is 5.56 Å². The molecule has 78 valence electrons. The van der Waals surface area contributed by atoms with Gasteiger partial charge in [-0.25, -0.2) is 4.39 Å². The minimum Gasteiger partial charge on any atom is -0.496 e. The Morgan fingerprint density at radius 2 is 2.14 bits per heavy atom. The van der Waals surface area contributed by atoms with E-state index < -0.39 is 0 Å². The summed E-state index contributed by atoms with van der Waals surface area (Å²) in [5, 5.41) is 2.99. The zero-order valence-corrected chi connectivity index (χ0v) is 8.86. The zero-order chi connectivity index (χ0) is 10.6. The summed E-state index contributed by atoms with van der Waals surface area (Å²) >= 11 is 0. The van der Waals surface area contributed by atoms with Crippen LogP contribution >= 0.6 is 0 Å². The first kappa shape index (κ1) is 11.0. The van der Waals surface area contributed by atoms with Crippen molar-refractivity contribution < 1.29 is 9.13 Å². The highest BCUT2D eigenvalue weighted by Gasteiger charge is 2.09. The third-order valence-corrected chi connectivity index (χ3v) is 2.14. The third-order valence-electron chi connectivity index (χ3n) is 2.14. The maximum atomic E-state index is 13.5. The first-order valence-corrected chi connectivity index (χ1v) is 4.66. The molecule has 1 N–H and O–H groups in total. The molecule has 0 spiro atoms. The van der Waals surface area contributed by atoms with Crippen molar-refractivity contribution in [2.75, 3.05) is 20.7 Å². The van der Waals surface area contributed by atoms with Gasteiger partial charge in [0.25, 0.3) is 0 Å². The maximum Gasteiger partial charge on any atom is 0.130 e. The number of likely N-dealkylation sites (N-methyl/N-ethyl adjacent to an activating group) is 1. The molecule has 0 atom stereocenters. The van der Waals surface area contributed by atoms with E-state index in [0.29, 0.717) is 17.7 Å². The van der Waals surface area contributed by atoms with E-state index in [4.69, 9.17) is 4.74 Å². The minimum absolute atomic E-state index is 0.183. The topological polar surface area (TPSA) is 21.3 Å². The molecule has 0 unspecified atom stereocenters. The van der Waals surface area contributed by atoms with Crippen LogP contribution in [0, 0.1) is 12.7 Å². The molecule has 0 bridgehead atoms. The molecular formula is C11H16FNO. The van der Waals surface area contributed by atoms with Crippen LogP contribution < -0.4 is 10.1 Å². The van der Waals surface area contributed by atoms with E-state index in [-0.39, 0.29) is 5.82 Å². The molecule has 1 aromatic rings. The van der Waals surface area contributed by atoms with Crippen LogP contribution in [0.15, 0.2) is 12.1 Å². The number of methoxy groups -OCH3 is 1. The number of aryl methyl sites for hydroxylation is 1. The number of benzene rings is 1. The Hall–Kier alpha value is -1.09. The molecular weight excluding hydrogens is 181 g/mol. The predicted octanol–water partition coefficient (Wildman–Crippen LogP) is 1.90. The standard InChI is InChI=1S/C11H16FNO/c1-8-6-10(12)9(4-5-13-2)11(7-8)14-3/h6-7,13H,4-5H2,1-3H3. The summed E-state index contributed by atoms with van der Waals surface area (Å²) in [4.78, 5) is 0. The fourth-order valence-electron chi connectivity index (χ4n) is 1.42. The van der Waals surface area contributed by atoms with Gasteiger partial charge in [0.05, 0.1) is 7.11 Å². The predicted molar refractivity (Wildman–Crippen MR) is 55.3 cm³/mol. The summed E-state index contributed by atoms with van der Waals surface area (Å²) in [6.07, 6.45) is 0.645. The van der Waals surface area contributed by atoms with Crippen molar-refractivity contribution >= 4 is 0 Å². The van der Waals surface area contributed by atoms with E-state index in [1.165, 1.54) is 6.07 Å². The van der Waals surface area contributed by atoms with Crippen molar-refractivity contribution in [3.05, 3.63) is 29.1 Å². The molecule has 1 rings (SSSR count). The highest BCUT2D eigenvalue weighted by molar-refractivity contribution is 5.38. The number of hydrogen-bond donors (Lipinski definition) is 1. The molecule has 0 aliphatic rings. The SMILES string of the molecule is CNCCc1c(F)cc(C)cc1OC. The molecule has 0 radical (unpaired) electrons. The molecule has 0 saturated carbocycles. The molecule has 3 heteroatoms. The summed E-state index contributed by atoms with van der Waals surface area (Å²) in [5.41, 5.74) is 1.53. The lowest BCUT2D eigenvalue weighted by Gasteiger charge is -2.10. The average molecular weight is 197 g/mol. The first-order valence-electron chi connectivity index (χ1n) is 4.66. The number of rotatable bonds is 4. The lowest BCUT2D eigenvalue weighted by atomic mass is 10.1. The highest BCUT2D eigenvalue weighted by Crippen LogP contribution is 2.23. The van der Waals surface area contributed by atoms with Crippen molar-refractivity contribution in [2.24, 2.45) is 0 Å². The van der Waals surface area contributed by atoms with Crippen LogP contribution in [0.1, 0.15) is 11.1 Å². The minimum atomic E-state index is -0.183. The van der Waals surface area contributed by atoms with E-state index in [1.54, 1.807) is 7.11 Å². The van der Waals surface area contributed by atoms with Gasteiger partial charge in [-0.15, -0.1) is 0 Å². The quantitative estimate of drug-likeness (QED) is 0.796. The fraction of sp³-hybridized carbons (Fsp3) is 0.455. The zero-order valence-electron chi connectivity index (χ0n) is 8.86. The summed E-state index contributed by atoms with van der Waals surface area (Å²) in [5.74, 6) is 0.454. The molecule has 0 aliphatic heterocycles. The maximum absolute atomic E-state index is 13.5. The lowest BCUT2D eigenvalue weighted by Crippen LogP contribution is -2.12. The van der Waals surface area contributed by atoms with Crippen LogP contribution in [-0.4, -0.2) is 20.7 Å². The van der Waals surface area contributed by atoms with Crippen LogP contribution in [-0.2, 0) is 6.42 Å². The van der Waals surface area contributed by atoms with Crippen LogP contribution in [0.4, 0.5) is 4.39 Å². The second-order valence-electron chi connectivity index (χ2n) is 3.28. The van der Waals surface area contributed by atoms with Crippen molar-refractivity contribution in [1.29, 1.82) is 0 Å². The second-order valence-corrected chi connectivity index (χ2v) is 3.28. The van der Waals surface area contributed by atoms with Gasteiger partial charge in [-0.1, -0.05) is 0 Å². The van der Waals surface area contributed by atoms with E-state index in [9.17, 15) is 4.39 Å². The molecule has 14 heavy (non-hydrogen) atoms. The van der Waals surface area contributed by atoms with Crippen molar-refractivity contribution in [3.63, 3.8) is 0 Å². The Kier molecular flexibility index (Phi) is 3.89. The molecule has 1 aromatic carbocycles. The van der Waals surface area contributed by atoms with Crippen molar-refractivity contribution in [2.45, 2.75) is 13.3 Å². The van der Waals surface area contributed by atoms with Gasteiger partial charge in [-0.05, 0) is 44.6 Å². The molecule has 0 fully saturated rings. The normalized spacial score (nSPS) is 10.3. The summed E-state index contributed by atoms with van der Waals surface area (Å²) in [7, 11) is 3.41. The van der Waals surface area contributed by atoms with Gasteiger partial charge in [0.1, 0.15) is 11.6 Å². The summed E-state index contributed by atoms with van der Waals surface area (Å²) < 4.78 is 18.6. The number of nitrogens with one attached hydrogen (secondary N) is 1. The molecule has 0 aliphatic carbocycles. The van der Waals surface area contributed by atoms with E-state index in [1.807, 2.05) is 20.0 Å². The molecule has 0 aromatic heterocycles. The van der Waals surface area contributed by atoms with E-state index in [2.05, 4.69) is 5.32 Å². The number of hydrogen-bond acceptors (Lipinski definition) is 2. The largest absolute Gasteiger partial charge is 0.496 e. The summed E-state index contributed by atoms with van der Waals surface area (Å²) in [6.45, 7) is 2.60. The Labute approximate surface area is 84.1 Å². The highest BCUT2D eigenvalue weighted by atomic mass is 19.1. The Bertz CT molecular complexity index is 312. The van der Waals surface area contributed by atoms with Crippen molar-refractivity contribution in [3.8, 4) is 5.75 Å². The summed E-state index contributed by atoms with van der Waals surface area (Å²) in [6, 6.07) is 3.39.